The molecule has 13 heteroatoms. The molecule has 5 aromatic rings. The van der Waals surface area contributed by atoms with E-state index in [-0.39, 0.29) is 34.9 Å². The minimum Gasteiger partial charge on any atom is -0.464 e. The van der Waals surface area contributed by atoms with Crippen molar-refractivity contribution in [2.24, 2.45) is 19.3 Å². The minimum absolute atomic E-state index is 0.0679. The molecule has 5 rings (SSSR count). The first kappa shape index (κ1) is 23.1. The van der Waals surface area contributed by atoms with Gasteiger partial charge in [0.2, 0.25) is 0 Å². The van der Waals surface area contributed by atoms with E-state index in [1.165, 1.54) is 34.6 Å². The standard InChI is InChI=1S/C23H18ClN7O5/c1-28-18-20(26-19(28)17(27-36)12-6-8-25-9-7-12)29(2)22(33)30(21(18)32)11-13-10-14-15(24)4-3-5-16(14)31(13)23(34)35/h3-10,36H,11H2,1-2H3,(H,34,35)/b27-17+. The van der Waals surface area contributed by atoms with Crippen molar-refractivity contribution in [3.05, 3.63) is 91.7 Å². The highest BCUT2D eigenvalue weighted by atomic mass is 35.5. The van der Waals surface area contributed by atoms with Crippen LogP contribution < -0.4 is 11.2 Å². The molecule has 2 N–H and O–H groups in total. The van der Waals surface area contributed by atoms with E-state index >= 15 is 0 Å². The number of rotatable bonds is 4. The van der Waals surface area contributed by atoms with E-state index in [0.29, 0.717) is 21.5 Å². The summed E-state index contributed by atoms with van der Waals surface area (Å²) in [5.41, 5.74) is -0.143. The second kappa shape index (κ2) is 8.50. The Morgan fingerprint density at radius 1 is 1.11 bits per heavy atom. The lowest BCUT2D eigenvalue weighted by atomic mass is 10.1. The molecule has 0 saturated heterocycles. The number of benzene rings is 1. The average molecular weight is 508 g/mol. The summed E-state index contributed by atoms with van der Waals surface area (Å²) in [7, 11) is 3.00. The number of aromatic nitrogens is 6. The Balaban J connectivity index is 1.73. The van der Waals surface area contributed by atoms with Crippen LogP contribution >= 0.6 is 11.6 Å². The van der Waals surface area contributed by atoms with E-state index in [9.17, 15) is 24.7 Å². The molecule has 0 aliphatic heterocycles. The maximum atomic E-state index is 13.5. The Kier molecular flexibility index (Phi) is 5.44. The summed E-state index contributed by atoms with van der Waals surface area (Å²) in [6.07, 6.45) is 1.75. The molecule has 0 radical (unpaired) electrons. The third-order valence-electron chi connectivity index (χ3n) is 6.01. The molecule has 4 heterocycles. The number of pyridine rings is 1. The Morgan fingerprint density at radius 2 is 1.83 bits per heavy atom. The van der Waals surface area contributed by atoms with E-state index in [0.717, 1.165) is 9.13 Å². The molecule has 0 fully saturated rings. The minimum atomic E-state index is -1.28. The van der Waals surface area contributed by atoms with Gasteiger partial charge in [0.05, 0.1) is 17.8 Å². The third-order valence-corrected chi connectivity index (χ3v) is 6.34. The fourth-order valence-corrected chi connectivity index (χ4v) is 4.51. The van der Waals surface area contributed by atoms with Crippen LogP contribution in [0.3, 0.4) is 0 Å². The van der Waals surface area contributed by atoms with Gasteiger partial charge in [-0.05, 0) is 30.3 Å². The number of hydrogen-bond acceptors (Lipinski definition) is 7. The topological polar surface area (TPSA) is 150 Å². The molecule has 0 bridgehead atoms. The summed E-state index contributed by atoms with van der Waals surface area (Å²) >= 11 is 6.25. The Labute approximate surface area is 206 Å². The van der Waals surface area contributed by atoms with Gasteiger partial charge in [0, 0.05) is 42.5 Å². The summed E-state index contributed by atoms with van der Waals surface area (Å²) < 4.78 is 4.53. The fourth-order valence-electron chi connectivity index (χ4n) is 4.29. The Morgan fingerprint density at radius 3 is 2.50 bits per heavy atom. The fraction of sp³-hybridized carbons (Fsp3) is 0.130. The number of imidazole rings is 1. The summed E-state index contributed by atoms with van der Waals surface area (Å²) in [6, 6.07) is 9.59. The zero-order valence-corrected chi connectivity index (χ0v) is 19.7. The zero-order chi connectivity index (χ0) is 25.7. The van der Waals surface area contributed by atoms with E-state index in [1.54, 1.807) is 37.4 Å². The van der Waals surface area contributed by atoms with Crippen molar-refractivity contribution in [3.63, 3.8) is 0 Å². The summed E-state index contributed by atoms with van der Waals surface area (Å²) in [5.74, 6) is 0.148. The predicted octanol–water partition coefficient (Wildman–Crippen LogP) is 2.24. The van der Waals surface area contributed by atoms with Gasteiger partial charge in [-0.1, -0.05) is 22.8 Å². The van der Waals surface area contributed by atoms with Crippen molar-refractivity contribution in [2.45, 2.75) is 6.54 Å². The van der Waals surface area contributed by atoms with Gasteiger partial charge in [-0.15, -0.1) is 0 Å². The van der Waals surface area contributed by atoms with Crippen LogP contribution in [-0.2, 0) is 20.6 Å². The summed E-state index contributed by atoms with van der Waals surface area (Å²) in [5, 5.41) is 23.7. The first-order valence-corrected chi connectivity index (χ1v) is 10.9. The van der Waals surface area contributed by atoms with Crippen molar-refractivity contribution in [1.29, 1.82) is 0 Å². The largest absolute Gasteiger partial charge is 0.464 e. The number of halogens is 1. The van der Waals surface area contributed by atoms with Gasteiger partial charge in [-0.2, -0.15) is 0 Å². The van der Waals surface area contributed by atoms with Crippen LogP contribution in [0.25, 0.3) is 22.1 Å². The van der Waals surface area contributed by atoms with Gasteiger partial charge in [-0.3, -0.25) is 18.9 Å². The second-order valence-corrected chi connectivity index (χ2v) is 8.42. The smallest absolute Gasteiger partial charge is 0.416 e. The van der Waals surface area contributed by atoms with E-state index in [1.807, 2.05) is 0 Å². The van der Waals surface area contributed by atoms with Crippen LogP contribution in [0.5, 0.6) is 0 Å². The molecule has 12 nitrogen and oxygen atoms in total. The zero-order valence-electron chi connectivity index (χ0n) is 19.0. The first-order valence-electron chi connectivity index (χ1n) is 10.6. The molecule has 36 heavy (non-hydrogen) atoms. The normalized spacial score (nSPS) is 12.0. The second-order valence-electron chi connectivity index (χ2n) is 8.01. The molecule has 0 spiro atoms. The molecule has 0 saturated carbocycles. The van der Waals surface area contributed by atoms with Crippen LogP contribution in [0.15, 0.2) is 63.5 Å². The SMILES string of the molecule is Cn1c(/C(=N/O)c2ccncc2)nc2c1c(=O)n(Cc1cc3c(Cl)cccc3n1C(=O)O)c(=O)n2C. The van der Waals surface area contributed by atoms with Gasteiger partial charge in [0.25, 0.3) is 5.56 Å². The van der Waals surface area contributed by atoms with Crippen molar-refractivity contribution >= 4 is 45.5 Å². The number of aryl methyl sites for hydroxylation is 2. The number of fused-ring (bicyclic) bond motifs is 2. The predicted molar refractivity (Wildman–Crippen MR) is 131 cm³/mol. The Hall–Kier alpha value is -4.71. The Bertz CT molecular complexity index is 1830. The van der Waals surface area contributed by atoms with Crippen LogP contribution in [0.2, 0.25) is 5.02 Å². The van der Waals surface area contributed by atoms with Gasteiger partial charge < -0.3 is 14.9 Å². The molecule has 1 aromatic carbocycles. The third kappa shape index (κ3) is 3.38. The molecule has 0 unspecified atom stereocenters. The van der Waals surface area contributed by atoms with E-state index in [4.69, 9.17) is 11.6 Å². The molecule has 0 aliphatic rings. The maximum absolute atomic E-state index is 13.5. The van der Waals surface area contributed by atoms with Crippen LogP contribution in [-0.4, -0.2) is 50.4 Å². The monoisotopic (exact) mass is 507 g/mol. The number of carbonyl (C=O) groups is 1. The van der Waals surface area contributed by atoms with Gasteiger partial charge in [0.1, 0.15) is 0 Å². The molecule has 4 aromatic heterocycles. The first-order chi connectivity index (χ1) is 17.2. The highest BCUT2D eigenvalue weighted by molar-refractivity contribution is 6.35. The van der Waals surface area contributed by atoms with Crippen LogP contribution in [0.1, 0.15) is 17.1 Å². The number of nitrogens with zero attached hydrogens (tertiary/aromatic N) is 7. The lowest BCUT2D eigenvalue weighted by molar-refractivity contribution is 0.196. The molecule has 0 aliphatic carbocycles. The average Bonchev–Trinajstić information content (AvgIpc) is 3.41. The van der Waals surface area contributed by atoms with Gasteiger partial charge >= 0.3 is 11.8 Å². The van der Waals surface area contributed by atoms with Crippen molar-refractivity contribution in [3.8, 4) is 0 Å². The van der Waals surface area contributed by atoms with E-state index < -0.39 is 17.3 Å². The number of oxime groups is 1. The van der Waals surface area contributed by atoms with Crippen LogP contribution in [0.4, 0.5) is 4.79 Å². The molecular weight excluding hydrogens is 490 g/mol. The van der Waals surface area contributed by atoms with Crippen molar-refractivity contribution in [1.82, 2.24) is 28.2 Å². The lowest BCUT2D eigenvalue weighted by Crippen LogP contribution is -2.40. The molecule has 0 atom stereocenters. The molecule has 182 valence electrons. The lowest BCUT2D eigenvalue weighted by Gasteiger charge is -2.10. The quantitative estimate of drug-likeness (QED) is 0.215. The van der Waals surface area contributed by atoms with Gasteiger partial charge in [0.15, 0.2) is 22.7 Å². The number of carboxylic acid groups (broad SMARTS) is 1. The number of hydrogen-bond donors (Lipinski definition) is 2. The highest BCUT2D eigenvalue weighted by Gasteiger charge is 2.24. The molecular formula is C23H18ClN7O5. The van der Waals surface area contributed by atoms with Crippen LogP contribution in [0, 0.1) is 0 Å². The van der Waals surface area contributed by atoms with Crippen molar-refractivity contribution < 1.29 is 15.1 Å². The van der Waals surface area contributed by atoms with Crippen molar-refractivity contribution in [2.75, 3.05) is 0 Å². The van der Waals surface area contributed by atoms with E-state index in [2.05, 4.69) is 15.1 Å². The molecule has 0 amide bonds. The van der Waals surface area contributed by atoms with Gasteiger partial charge in [-0.25, -0.2) is 19.1 Å². The highest BCUT2D eigenvalue weighted by Crippen LogP contribution is 2.27. The summed E-state index contributed by atoms with van der Waals surface area (Å²) in [4.78, 5) is 47.1. The summed E-state index contributed by atoms with van der Waals surface area (Å²) in [6.45, 7) is -0.329. The maximum Gasteiger partial charge on any atom is 0.416 e.